The molecule has 102 valence electrons. The van der Waals surface area contributed by atoms with Gasteiger partial charge in [0.25, 0.3) is 10.0 Å². The van der Waals surface area contributed by atoms with E-state index in [1.54, 1.807) is 18.2 Å². The van der Waals surface area contributed by atoms with E-state index in [0.29, 0.717) is 20.1 Å². The molecular weight excluding hydrogens is 374 g/mol. The molecule has 1 heterocycles. The Balaban J connectivity index is 2.28. The molecule has 1 aromatic heterocycles. The SMILES string of the molecule is O=S(=O)(Nc1ccc(Cl)c(Br)c1)c1csc(CO)c1. The molecule has 2 N–H and O–H groups in total. The molecule has 0 unspecified atom stereocenters. The Bertz CT molecular complexity index is 700. The van der Waals surface area contributed by atoms with Crippen LogP contribution in [0.2, 0.25) is 5.02 Å². The first-order valence-corrected chi connectivity index (χ1v) is 8.62. The van der Waals surface area contributed by atoms with Crippen LogP contribution in [0.1, 0.15) is 4.88 Å². The minimum atomic E-state index is -3.65. The van der Waals surface area contributed by atoms with Crippen molar-refractivity contribution in [3.05, 3.63) is 44.0 Å². The molecule has 0 amide bonds. The van der Waals surface area contributed by atoms with Crippen LogP contribution in [0, 0.1) is 0 Å². The maximum atomic E-state index is 12.1. The lowest BCUT2D eigenvalue weighted by Gasteiger charge is -2.07. The molecule has 0 radical (unpaired) electrons. The zero-order chi connectivity index (χ0) is 14.0. The lowest BCUT2D eigenvalue weighted by molar-refractivity contribution is 0.285. The number of benzene rings is 1. The van der Waals surface area contributed by atoms with Crippen LogP contribution in [0.5, 0.6) is 0 Å². The Hall–Kier alpha value is -0.600. The minimum Gasteiger partial charge on any atom is -0.391 e. The molecule has 0 saturated carbocycles. The number of hydrogen-bond donors (Lipinski definition) is 2. The van der Waals surface area contributed by atoms with Crippen LogP contribution < -0.4 is 4.72 Å². The van der Waals surface area contributed by atoms with E-state index in [2.05, 4.69) is 20.7 Å². The van der Waals surface area contributed by atoms with Crippen molar-refractivity contribution in [2.24, 2.45) is 0 Å². The molecule has 4 nitrogen and oxygen atoms in total. The number of aliphatic hydroxyl groups is 1. The minimum absolute atomic E-state index is 0.132. The number of nitrogens with one attached hydrogen (secondary N) is 1. The molecule has 0 fully saturated rings. The highest BCUT2D eigenvalue weighted by Gasteiger charge is 2.16. The molecule has 0 aliphatic carbocycles. The molecule has 0 saturated heterocycles. The lowest BCUT2D eigenvalue weighted by Crippen LogP contribution is -2.12. The summed E-state index contributed by atoms with van der Waals surface area (Å²) < 4.78 is 27.2. The van der Waals surface area contributed by atoms with Gasteiger partial charge in [-0.25, -0.2) is 8.42 Å². The molecule has 2 rings (SSSR count). The second-order valence-corrected chi connectivity index (χ2v) is 7.58. The Kier molecular flexibility index (Phi) is 4.52. The Morgan fingerprint density at radius 3 is 2.68 bits per heavy atom. The Labute approximate surface area is 128 Å². The number of rotatable bonds is 4. The number of halogens is 2. The van der Waals surface area contributed by atoms with E-state index in [9.17, 15) is 8.42 Å². The highest BCUT2D eigenvalue weighted by Crippen LogP contribution is 2.27. The summed E-state index contributed by atoms with van der Waals surface area (Å²) in [5.41, 5.74) is 0.410. The zero-order valence-electron chi connectivity index (χ0n) is 9.43. The largest absolute Gasteiger partial charge is 0.391 e. The maximum Gasteiger partial charge on any atom is 0.262 e. The van der Waals surface area contributed by atoms with Crippen molar-refractivity contribution in [2.75, 3.05) is 4.72 Å². The normalized spacial score (nSPS) is 11.5. The number of sulfonamides is 1. The van der Waals surface area contributed by atoms with E-state index < -0.39 is 10.0 Å². The summed E-state index contributed by atoms with van der Waals surface area (Å²) in [6.45, 7) is -0.174. The van der Waals surface area contributed by atoms with Gasteiger partial charge < -0.3 is 5.11 Å². The van der Waals surface area contributed by atoms with Gasteiger partial charge in [0.05, 0.1) is 22.2 Å². The van der Waals surface area contributed by atoms with Crippen LogP contribution >= 0.6 is 38.9 Å². The van der Waals surface area contributed by atoms with Crippen molar-refractivity contribution < 1.29 is 13.5 Å². The van der Waals surface area contributed by atoms with Gasteiger partial charge in [-0.2, -0.15) is 0 Å². The van der Waals surface area contributed by atoms with Crippen molar-refractivity contribution in [3.8, 4) is 0 Å². The average Bonchev–Trinajstić information content (AvgIpc) is 2.83. The molecule has 1 aromatic carbocycles. The van der Waals surface area contributed by atoms with Crippen molar-refractivity contribution in [1.29, 1.82) is 0 Å². The summed E-state index contributed by atoms with van der Waals surface area (Å²) in [4.78, 5) is 0.727. The van der Waals surface area contributed by atoms with E-state index in [-0.39, 0.29) is 11.5 Å². The van der Waals surface area contributed by atoms with Crippen molar-refractivity contribution in [1.82, 2.24) is 0 Å². The smallest absolute Gasteiger partial charge is 0.262 e. The Morgan fingerprint density at radius 1 is 1.37 bits per heavy atom. The number of aliphatic hydroxyl groups excluding tert-OH is 1. The van der Waals surface area contributed by atoms with Gasteiger partial charge in [0.15, 0.2) is 0 Å². The number of hydrogen-bond acceptors (Lipinski definition) is 4. The second-order valence-electron chi connectivity index (χ2n) is 3.64. The second kappa shape index (κ2) is 5.80. The third kappa shape index (κ3) is 3.49. The first-order valence-electron chi connectivity index (χ1n) is 5.08. The standard InChI is InChI=1S/C11H9BrClNO3S2/c12-10-3-7(1-2-11(10)13)14-19(16,17)9-4-8(5-15)18-6-9/h1-4,6,14-15H,5H2. The van der Waals surface area contributed by atoms with E-state index in [1.807, 2.05) is 0 Å². The van der Waals surface area contributed by atoms with Crippen LogP contribution in [0.15, 0.2) is 39.0 Å². The fourth-order valence-corrected chi connectivity index (χ4v) is 4.04. The number of anilines is 1. The number of thiophene rings is 1. The van der Waals surface area contributed by atoms with Crippen molar-refractivity contribution in [2.45, 2.75) is 11.5 Å². The fourth-order valence-electron chi connectivity index (χ4n) is 1.36. The highest BCUT2D eigenvalue weighted by molar-refractivity contribution is 9.10. The summed E-state index contributed by atoms with van der Waals surface area (Å²) in [6.07, 6.45) is 0. The van der Waals surface area contributed by atoms with Gasteiger partial charge in [-0.05, 0) is 40.2 Å². The molecule has 19 heavy (non-hydrogen) atoms. The van der Waals surface area contributed by atoms with Crippen LogP contribution in [0.3, 0.4) is 0 Å². The van der Waals surface area contributed by atoms with E-state index >= 15 is 0 Å². The highest BCUT2D eigenvalue weighted by atomic mass is 79.9. The third-order valence-electron chi connectivity index (χ3n) is 2.27. The van der Waals surface area contributed by atoms with Crippen LogP contribution in [0.25, 0.3) is 0 Å². The first-order chi connectivity index (χ1) is 8.92. The van der Waals surface area contributed by atoms with E-state index in [4.69, 9.17) is 16.7 Å². The third-order valence-corrected chi connectivity index (χ3v) is 5.91. The van der Waals surface area contributed by atoms with E-state index in [0.717, 1.165) is 0 Å². The molecule has 8 heteroatoms. The predicted octanol–water partition coefficient (Wildman–Crippen LogP) is 3.46. The van der Waals surface area contributed by atoms with Crippen LogP contribution in [-0.2, 0) is 16.6 Å². The monoisotopic (exact) mass is 381 g/mol. The Morgan fingerprint density at radius 2 is 2.11 bits per heavy atom. The van der Waals surface area contributed by atoms with Gasteiger partial charge >= 0.3 is 0 Å². The summed E-state index contributed by atoms with van der Waals surface area (Å²) in [5, 5.41) is 10.9. The molecule has 0 aliphatic heterocycles. The quantitative estimate of drug-likeness (QED) is 0.851. The summed E-state index contributed by atoms with van der Waals surface area (Å²) >= 11 is 10.3. The average molecular weight is 383 g/mol. The van der Waals surface area contributed by atoms with Crippen LogP contribution in [0.4, 0.5) is 5.69 Å². The lowest BCUT2D eigenvalue weighted by atomic mass is 10.3. The molecular formula is C11H9BrClNO3S2. The van der Waals surface area contributed by atoms with Gasteiger partial charge in [-0.1, -0.05) is 11.6 Å². The fraction of sp³-hybridized carbons (Fsp3) is 0.0909. The first kappa shape index (κ1) is 14.8. The topological polar surface area (TPSA) is 66.4 Å². The molecule has 0 spiro atoms. The van der Waals surface area contributed by atoms with Gasteiger partial charge in [-0.15, -0.1) is 11.3 Å². The summed E-state index contributed by atoms with van der Waals surface area (Å²) in [5.74, 6) is 0. The zero-order valence-corrected chi connectivity index (χ0v) is 13.4. The molecule has 0 bridgehead atoms. The van der Waals surface area contributed by atoms with Gasteiger partial charge in [-0.3, -0.25) is 4.72 Å². The van der Waals surface area contributed by atoms with Gasteiger partial charge in [0, 0.05) is 14.7 Å². The predicted molar refractivity (Wildman–Crippen MR) is 80.2 cm³/mol. The molecule has 0 aliphatic rings. The van der Waals surface area contributed by atoms with E-state index in [1.165, 1.54) is 22.8 Å². The van der Waals surface area contributed by atoms with Crippen LogP contribution in [-0.4, -0.2) is 13.5 Å². The van der Waals surface area contributed by atoms with Gasteiger partial charge in [0.1, 0.15) is 0 Å². The van der Waals surface area contributed by atoms with Gasteiger partial charge in [0.2, 0.25) is 0 Å². The molecule has 0 atom stereocenters. The summed E-state index contributed by atoms with van der Waals surface area (Å²) in [6, 6.07) is 6.19. The van der Waals surface area contributed by atoms with Crippen molar-refractivity contribution in [3.63, 3.8) is 0 Å². The molecule has 2 aromatic rings. The summed E-state index contributed by atoms with van der Waals surface area (Å²) in [7, 11) is -3.65. The maximum absolute atomic E-state index is 12.1. The van der Waals surface area contributed by atoms with Crippen molar-refractivity contribution >= 4 is 54.6 Å².